The standard InChI is InChI=1S/C20H23N3/c1-4-18-16(8-12-23-13-10-21-11-14-23)6-7-20(18)19(5-1)17-3-2-9-22-15-17/h1-6,9,15,21H,7-8,10-14H2. The van der Waals surface area contributed by atoms with Gasteiger partial charge in [0.25, 0.3) is 0 Å². The van der Waals surface area contributed by atoms with E-state index in [0.29, 0.717) is 0 Å². The number of rotatable bonds is 4. The fourth-order valence-electron chi connectivity index (χ4n) is 3.69. The Morgan fingerprint density at radius 1 is 1.04 bits per heavy atom. The zero-order valence-corrected chi connectivity index (χ0v) is 13.5. The molecule has 1 N–H and O–H groups in total. The highest BCUT2D eigenvalue weighted by Crippen LogP contribution is 2.36. The number of fused-ring (bicyclic) bond motifs is 1. The first-order valence-electron chi connectivity index (χ1n) is 8.56. The summed E-state index contributed by atoms with van der Waals surface area (Å²) in [6.07, 6.45) is 8.44. The molecule has 0 unspecified atom stereocenters. The molecule has 23 heavy (non-hydrogen) atoms. The van der Waals surface area contributed by atoms with Crippen LogP contribution in [0.15, 0.2) is 48.8 Å². The number of nitrogens with zero attached hydrogens (tertiary/aromatic N) is 2. The highest BCUT2D eigenvalue weighted by atomic mass is 15.2. The summed E-state index contributed by atoms with van der Waals surface area (Å²) < 4.78 is 0. The van der Waals surface area contributed by atoms with Gasteiger partial charge in [-0.15, -0.1) is 0 Å². The summed E-state index contributed by atoms with van der Waals surface area (Å²) >= 11 is 0. The minimum atomic E-state index is 1.05. The molecular formula is C20H23N3. The first kappa shape index (κ1) is 14.6. The van der Waals surface area contributed by atoms with Gasteiger partial charge in [0.15, 0.2) is 0 Å². The number of piperazine rings is 1. The van der Waals surface area contributed by atoms with Crippen LogP contribution in [0.3, 0.4) is 0 Å². The lowest BCUT2D eigenvalue weighted by atomic mass is 9.95. The van der Waals surface area contributed by atoms with Gasteiger partial charge in [0.05, 0.1) is 0 Å². The summed E-state index contributed by atoms with van der Waals surface area (Å²) in [5, 5.41) is 3.42. The third-order valence-corrected chi connectivity index (χ3v) is 4.95. The molecule has 0 amide bonds. The quantitative estimate of drug-likeness (QED) is 0.941. The van der Waals surface area contributed by atoms with Gasteiger partial charge in [0.2, 0.25) is 0 Å². The van der Waals surface area contributed by atoms with Crippen LogP contribution in [0.1, 0.15) is 17.5 Å². The second kappa shape index (κ2) is 6.65. The van der Waals surface area contributed by atoms with Crippen LogP contribution in [-0.4, -0.2) is 42.6 Å². The van der Waals surface area contributed by atoms with Crippen LogP contribution >= 0.6 is 0 Å². The topological polar surface area (TPSA) is 28.2 Å². The highest BCUT2D eigenvalue weighted by Gasteiger charge is 2.19. The smallest absolute Gasteiger partial charge is 0.0346 e. The Balaban J connectivity index is 1.52. The fraction of sp³-hybridized carbons (Fsp3) is 0.350. The van der Waals surface area contributed by atoms with E-state index in [4.69, 9.17) is 0 Å². The van der Waals surface area contributed by atoms with E-state index in [-0.39, 0.29) is 0 Å². The van der Waals surface area contributed by atoms with E-state index >= 15 is 0 Å². The zero-order valence-electron chi connectivity index (χ0n) is 13.5. The van der Waals surface area contributed by atoms with Crippen LogP contribution in [0.5, 0.6) is 0 Å². The van der Waals surface area contributed by atoms with Gasteiger partial charge in [-0.25, -0.2) is 0 Å². The van der Waals surface area contributed by atoms with Crippen molar-refractivity contribution in [2.75, 3.05) is 32.7 Å². The van der Waals surface area contributed by atoms with Gasteiger partial charge in [-0.1, -0.05) is 30.3 Å². The van der Waals surface area contributed by atoms with Gasteiger partial charge >= 0.3 is 0 Å². The SMILES string of the molecule is C1=C(CCN2CCNCC2)c2cccc(-c3cccnc3)c2C1. The Morgan fingerprint density at radius 2 is 1.91 bits per heavy atom. The number of nitrogens with one attached hydrogen (secondary N) is 1. The molecule has 0 atom stereocenters. The number of allylic oxidation sites excluding steroid dienone is 1. The molecule has 0 radical (unpaired) electrons. The third kappa shape index (κ3) is 3.07. The Labute approximate surface area is 138 Å². The van der Waals surface area contributed by atoms with Gasteiger partial charge in [-0.3, -0.25) is 4.98 Å². The molecule has 1 saturated heterocycles. The molecule has 1 aliphatic heterocycles. The maximum absolute atomic E-state index is 4.27. The second-order valence-electron chi connectivity index (χ2n) is 6.35. The summed E-state index contributed by atoms with van der Waals surface area (Å²) in [5.41, 5.74) is 6.99. The van der Waals surface area contributed by atoms with Crippen molar-refractivity contribution >= 4 is 5.57 Å². The molecule has 118 valence electrons. The van der Waals surface area contributed by atoms with Crippen molar-refractivity contribution in [3.05, 3.63) is 59.9 Å². The van der Waals surface area contributed by atoms with Crippen molar-refractivity contribution in [3.63, 3.8) is 0 Å². The minimum Gasteiger partial charge on any atom is -0.314 e. The Hall–Kier alpha value is -1.97. The third-order valence-electron chi connectivity index (χ3n) is 4.95. The van der Waals surface area contributed by atoms with Crippen molar-refractivity contribution in [1.29, 1.82) is 0 Å². The Morgan fingerprint density at radius 3 is 2.74 bits per heavy atom. The molecule has 0 saturated carbocycles. The van der Waals surface area contributed by atoms with Crippen LogP contribution in [0.4, 0.5) is 0 Å². The van der Waals surface area contributed by atoms with Crippen molar-refractivity contribution in [2.45, 2.75) is 12.8 Å². The number of hydrogen-bond donors (Lipinski definition) is 1. The van der Waals surface area contributed by atoms with Crippen LogP contribution in [0.2, 0.25) is 0 Å². The summed E-state index contributed by atoms with van der Waals surface area (Å²) in [6, 6.07) is 10.9. The molecule has 0 bridgehead atoms. The largest absolute Gasteiger partial charge is 0.314 e. The van der Waals surface area contributed by atoms with E-state index in [0.717, 1.165) is 25.9 Å². The molecule has 1 aromatic heterocycles. The van der Waals surface area contributed by atoms with Crippen LogP contribution in [0, 0.1) is 0 Å². The maximum atomic E-state index is 4.27. The average molecular weight is 305 g/mol. The average Bonchev–Trinajstić information content (AvgIpc) is 3.05. The maximum Gasteiger partial charge on any atom is 0.0346 e. The zero-order chi connectivity index (χ0) is 15.5. The highest BCUT2D eigenvalue weighted by molar-refractivity contribution is 5.81. The van der Waals surface area contributed by atoms with E-state index in [9.17, 15) is 0 Å². The lowest BCUT2D eigenvalue weighted by Gasteiger charge is -2.27. The Kier molecular flexibility index (Phi) is 4.22. The first-order chi connectivity index (χ1) is 11.4. The second-order valence-corrected chi connectivity index (χ2v) is 6.35. The minimum absolute atomic E-state index is 1.05. The number of hydrogen-bond acceptors (Lipinski definition) is 3. The number of benzene rings is 1. The molecule has 2 heterocycles. The van der Waals surface area contributed by atoms with Crippen LogP contribution in [-0.2, 0) is 6.42 Å². The summed E-state index contributed by atoms with van der Waals surface area (Å²) in [6.45, 7) is 5.78. The number of aromatic nitrogens is 1. The molecule has 0 spiro atoms. The van der Waals surface area contributed by atoms with Gasteiger partial charge < -0.3 is 10.2 Å². The lowest BCUT2D eigenvalue weighted by Crippen LogP contribution is -2.43. The van der Waals surface area contributed by atoms with E-state index in [2.05, 4.69) is 45.5 Å². The molecule has 3 nitrogen and oxygen atoms in total. The van der Waals surface area contributed by atoms with Crippen molar-refractivity contribution < 1.29 is 0 Å². The summed E-state index contributed by atoms with van der Waals surface area (Å²) in [5.74, 6) is 0. The van der Waals surface area contributed by atoms with Gasteiger partial charge in [0, 0.05) is 50.7 Å². The van der Waals surface area contributed by atoms with E-state index in [1.807, 2.05) is 18.5 Å². The predicted molar refractivity (Wildman–Crippen MR) is 95.3 cm³/mol. The Bertz CT molecular complexity index is 700. The molecule has 4 rings (SSSR count). The van der Waals surface area contributed by atoms with Gasteiger partial charge in [0.1, 0.15) is 0 Å². The van der Waals surface area contributed by atoms with E-state index < -0.39 is 0 Å². The van der Waals surface area contributed by atoms with Crippen molar-refractivity contribution in [2.24, 2.45) is 0 Å². The monoisotopic (exact) mass is 305 g/mol. The first-order valence-corrected chi connectivity index (χ1v) is 8.56. The summed E-state index contributed by atoms with van der Waals surface area (Å²) in [4.78, 5) is 6.84. The molecule has 1 aliphatic carbocycles. The molecule has 1 fully saturated rings. The van der Waals surface area contributed by atoms with Gasteiger partial charge in [-0.2, -0.15) is 0 Å². The molecule has 2 aliphatic rings. The van der Waals surface area contributed by atoms with Gasteiger partial charge in [-0.05, 0) is 41.2 Å². The van der Waals surface area contributed by atoms with E-state index in [1.54, 1.807) is 0 Å². The van der Waals surface area contributed by atoms with Crippen molar-refractivity contribution in [3.8, 4) is 11.1 Å². The molecule has 1 aromatic carbocycles. The fourth-order valence-corrected chi connectivity index (χ4v) is 3.69. The molecular weight excluding hydrogens is 282 g/mol. The molecule has 3 heteroatoms. The van der Waals surface area contributed by atoms with Crippen molar-refractivity contribution in [1.82, 2.24) is 15.2 Å². The van der Waals surface area contributed by atoms with Crippen LogP contribution < -0.4 is 5.32 Å². The van der Waals surface area contributed by atoms with E-state index in [1.165, 1.54) is 47.5 Å². The summed E-state index contributed by atoms with van der Waals surface area (Å²) in [7, 11) is 0. The lowest BCUT2D eigenvalue weighted by molar-refractivity contribution is 0.246. The number of pyridine rings is 1. The molecule has 2 aromatic rings. The normalized spacial score (nSPS) is 17.8. The predicted octanol–water partition coefficient (Wildman–Crippen LogP) is 2.98. The van der Waals surface area contributed by atoms with Crippen LogP contribution in [0.25, 0.3) is 16.7 Å².